The number of carbonyl (C=O) groups excluding carboxylic acids is 2. The number of rotatable bonds is 10. The van der Waals surface area contributed by atoms with Gasteiger partial charge in [0.2, 0.25) is 0 Å². The summed E-state index contributed by atoms with van der Waals surface area (Å²) in [6.45, 7) is 3.04. The van der Waals surface area contributed by atoms with E-state index in [0.29, 0.717) is 47.6 Å². The van der Waals surface area contributed by atoms with Crippen molar-refractivity contribution in [3.63, 3.8) is 0 Å². The maximum atomic E-state index is 12.4. The van der Waals surface area contributed by atoms with Crippen LogP contribution in [-0.2, 0) is 14.3 Å². The highest BCUT2D eigenvalue weighted by Crippen LogP contribution is 2.67. The Morgan fingerprint density at radius 2 is 1.92 bits per heavy atom. The Morgan fingerprint density at radius 3 is 2.50 bits per heavy atom. The van der Waals surface area contributed by atoms with Gasteiger partial charge in [-0.1, -0.05) is 6.42 Å². The number of methoxy groups -OCH3 is 1. The van der Waals surface area contributed by atoms with Crippen LogP contribution in [0.3, 0.4) is 0 Å². The fraction of sp³-hybridized carbons (Fsp3) is 0.654. The Morgan fingerprint density at radius 1 is 1.19 bits per heavy atom. The second kappa shape index (κ2) is 10.2. The molecule has 5 rings (SSSR count). The maximum Gasteiger partial charge on any atom is 0.409 e. The van der Waals surface area contributed by atoms with Gasteiger partial charge in [0.15, 0.2) is 0 Å². The zero-order chi connectivity index (χ0) is 26.1. The fourth-order valence-corrected chi connectivity index (χ4v) is 5.86. The lowest BCUT2D eigenvalue weighted by Gasteiger charge is -2.44. The first-order valence-electron chi connectivity index (χ1n) is 12.6. The summed E-state index contributed by atoms with van der Waals surface area (Å²) < 4.78 is 16.6. The molecule has 10 nitrogen and oxygen atoms in total. The topological polar surface area (TPSA) is 133 Å². The lowest BCUT2D eigenvalue weighted by Crippen LogP contribution is -2.46. The van der Waals surface area contributed by atoms with Gasteiger partial charge < -0.3 is 29.9 Å². The minimum Gasteiger partial charge on any atom is -0.491 e. The molecule has 0 aliphatic heterocycles. The summed E-state index contributed by atoms with van der Waals surface area (Å²) in [4.78, 5) is 30.7. The molecule has 4 aliphatic carbocycles. The van der Waals surface area contributed by atoms with Crippen LogP contribution in [0.15, 0.2) is 17.8 Å². The third kappa shape index (κ3) is 5.09. The minimum absolute atomic E-state index is 0.0311. The predicted octanol–water partition coefficient (Wildman–Crippen LogP) is 2.80. The number of hydrogen-bond donors (Lipinski definition) is 2. The second-order valence-corrected chi connectivity index (χ2v) is 10.9. The second-order valence-electron chi connectivity index (χ2n) is 10.9. The van der Waals surface area contributed by atoms with Crippen LogP contribution >= 0.6 is 0 Å². The van der Waals surface area contributed by atoms with Gasteiger partial charge in [0, 0.05) is 26.1 Å². The number of pyridine rings is 1. The maximum absolute atomic E-state index is 12.4. The Hall–Kier alpha value is -3.01. The average molecular weight is 502 g/mol. The van der Waals surface area contributed by atoms with Crippen molar-refractivity contribution < 1.29 is 23.8 Å². The standard InChI is InChI=1S/C26H39N5O5/c1-17-21(36-16-25-10-11-26(14-25,15-25)23(32)34-4)9-8-19(29-17)22(27)20(31(3)28)13-35-24(33)30(2)12-18-6-5-7-18/h8-9,18H,5-7,10-16,27-28H2,1-4H3/b22-20-. The predicted molar refractivity (Wildman–Crippen MR) is 134 cm³/mol. The van der Waals surface area contributed by atoms with Crippen LogP contribution in [0, 0.1) is 23.7 Å². The SMILES string of the molecule is COC(=O)C12CCC(COc3ccc(/C(N)=C(\COC(=O)N(C)CC4CCC4)N(C)N)nc3C)(C1)C2. The molecule has 0 unspecified atom stereocenters. The van der Waals surface area contributed by atoms with E-state index in [1.807, 2.05) is 13.0 Å². The number of nitrogens with zero attached hydrogens (tertiary/aromatic N) is 3. The van der Waals surface area contributed by atoms with Gasteiger partial charge >= 0.3 is 12.1 Å². The smallest absolute Gasteiger partial charge is 0.409 e. The molecule has 0 radical (unpaired) electrons. The first-order valence-corrected chi connectivity index (χ1v) is 12.6. The molecule has 0 atom stereocenters. The number of amides is 1. The quantitative estimate of drug-likeness (QED) is 0.282. The number of aromatic nitrogens is 1. The number of likely N-dealkylation sites (N-methyl/N-ethyl adjacent to an activating group) is 1. The molecule has 1 amide bonds. The lowest BCUT2D eigenvalue weighted by molar-refractivity contribution is -0.161. The first kappa shape index (κ1) is 26.1. The van der Waals surface area contributed by atoms with Crippen molar-refractivity contribution >= 4 is 17.8 Å². The van der Waals surface area contributed by atoms with Crippen LogP contribution < -0.4 is 16.3 Å². The van der Waals surface area contributed by atoms with E-state index in [0.717, 1.165) is 38.5 Å². The number of fused-ring (bicyclic) bond motifs is 1. The number of hydrogen-bond acceptors (Lipinski definition) is 9. The molecule has 36 heavy (non-hydrogen) atoms. The molecule has 10 heteroatoms. The molecule has 0 aromatic carbocycles. The average Bonchev–Trinajstić information content (AvgIpc) is 3.36. The van der Waals surface area contributed by atoms with Gasteiger partial charge in [-0.15, -0.1) is 0 Å². The summed E-state index contributed by atoms with van der Waals surface area (Å²) >= 11 is 0. The van der Waals surface area contributed by atoms with Gasteiger partial charge in [0.25, 0.3) is 0 Å². The molecule has 0 spiro atoms. The van der Waals surface area contributed by atoms with Crippen LogP contribution in [0.4, 0.5) is 4.79 Å². The van der Waals surface area contributed by atoms with E-state index in [-0.39, 0.29) is 23.4 Å². The van der Waals surface area contributed by atoms with Crippen molar-refractivity contribution in [2.75, 3.05) is 41.0 Å². The summed E-state index contributed by atoms with van der Waals surface area (Å²) in [6, 6.07) is 3.62. The van der Waals surface area contributed by atoms with Crippen LogP contribution in [0.25, 0.3) is 5.70 Å². The lowest BCUT2D eigenvalue weighted by atomic mass is 9.60. The minimum atomic E-state index is -0.402. The number of aryl methyl sites for hydroxylation is 1. The van der Waals surface area contributed by atoms with E-state index in [2.05, 4.69) is 4.98 Å². The van der Waals surface area contributed by atoms with Crippen molar-refractivity contribution in [1.82, 2.24) is 14.9 Å². The van der Waals surface area contributed by atoms with E-state index in [1.54, 1.807) is 25.1 Å². The van der Waals surface area contributed by atoms with Gasteiger partial charge in [-0.2, -0.15) is 0 Å². The van der Waals surface area contributed by atoms with E-state index < -0.39 is 6.09 Å². The monoisotopic (exact) mass is 501 g/mol. The summed E-state index contributed by atoms with van der Waals surface area (Å²) in [6.07, 6.45) is 6.58. The van der Waals surface area contributed by atoms with Crippen molar-refractivity contribution in [2.45, 2.75) is 51.9 Å². The molecule has 4 N–H and O–H groups in total. The van der Waals surface area contributed by atoms with E-state index in [4.69, 9.17) is 25.8 Å². The molecule has 198 valence electrons. The number of hydrazine groups is 1. The molecule has 4 fully saturated rings. The Balaban J connectivity index is 1.36. The number of carbonyl (C=O) groups is 2. The highest BCUT2D eigenvalue weighted by molar-refractivity contribution is 5.79. The van der Waals surface area contributed by atoms with E-state index >= 15 is 0 Å². The summed E-state index contributed by atoms with van der Waals surface area (Å²) in [5.41, 5.74) is 8.13. The van der Waals surface area contributed by atoms with Crippen LogP contribution in [-0.4, -0.2) is 67.9 Å². The molecule has 4 aliphatic rings. The molecule has 0 saturated heterocycles. The Kier molecular flexibility index (Phi) is 7.36. The Bertz CT molecular complexity index is 1030. The highest BCUT2D eigenvalue weighted by Gasteiger charge is 2.65. The number of ether oxygens (including phenoxy) is 3. The summed E-state index contributed by atoms with van der Waals surface area (Å²) in [5.74, 6) is 7.13. The summed E-state index contributed by atoms with van der Waals surface area (Å²) in [7, 11) is 4.84. The Labute approximate surface area is 212 Å². The first-order chi connectivity index (χ1) is 17.1. The number of esters is 1. The normalized spacial score (nSPS) is 25.2. The van der Waals surface area contributed by atoms with Gasteiger partial charge in [-0.3, -0.25) is 4.79 Å². The number of nitrogens with two attached hydrogens (primary N) is 2. The van der Waals surface area contributed by atoms with Gasteiger partial charge in [0.1, 0.15) is 12.4 Å². The zero-order valence-electron chi connectivity index (χ0n) is 21.8. The summed E-state index contributed by atoms with van der Waals surface area (Å²) in [5, 5.41) is 1.35. The van der Waals surface area contributed by atoms with Gasteiger partial charge in [0.05, 0.1) is 41.9 Å². The molecule has 4 saturated carbocycles. The fourth-order valence-electron chi connectivity index (χ4n) is 5.86. The van der Waals surface area contributed by atoms with Crippen molar-refractivity contribution in [3.8, 4) is 5.75 Å². The molecular formula is C26H39N5O5. The third-order valence-electron chi connectivity index (χ3n) is 8.16. The van der Waals surface area contributed by atoms with E-state index in [1.165, 1.54) is 18.5 Å². The van der Waals surface area contributed by atoms with Crippen LogP contribution in [0.1, 0.15) is 56.3 Å². The molecular weight excluding hydrogens is 462 g/mol. The van der Waals surface area contributed by atoms with Crippen LogP contribution in [0.5, 0.6) is 5.75 Å². The van der Waals surface area contributed by atoms with E-state index in [9.17, 15) is 9.59 Å². The largest absolute Gasteiger partial charge is 0.491 e. The molecule has 1 aromatic heterocycles. The molecule has 1 heterocycles. The molecule has 1 aromatic rings. The van der Waals surface area contributed by atoms with Crippen molar-refractivity contribution in [2.24, 2.45) is 28.3 Å². The van der Waals surface area contributed by atoms with Crippen molar-refractivity contribution in [1.29, 1.82) is 0 Å². The van der Waals surface area contributed by atoms with Gasteiger partial charge in [-0.05, 0) is 63.5 Å². The van der Waals surface area contributed by atoms with Gasteiger partial charge in [-0.25, -0.2) is 15.6 Å². The highest BCUT2D eigenvalue weighted by atomic mass is 16.6. The molecule has 2 bridgehead atoms. The van der Waals surface area contributed by atoms with Crippen molar-refractivity contribution in [3.05, 3.63) is 29.2 Å². The van der Waals surface area contributed by atoms with Crippen LogP contribution in [0.2, 0.25) is 0 Å². The third-order valence-corrected chi connectivity index (χ3v) is 8.16. The zero-order valence-corrected chi connectivity index (χ0v) is 21.8.